The predicted molar refractivity (Wildman–Crippen MR) is 105 cm³/mol. The van der Waals surface area contributed by atoms with Crippen LogP contribution in [0.15, 0.2) is 12.1 Å². The summed E-state index contributed by atoms with van der Waals surface area (Å²) in [5, 5.41) is 5.03. The lowest BCUT2D eigenvalue weighted by Gasteiger charge is -2.57. The summed E-state index contributed by atoms with van der Waals surface area (Å²) >= 11 is 0. The van der Waals surface area contributed by atoms with Gasteiger partial charge in [-0.2, -0.15) is 13.6 Å². The summed E-state index contributed by atoms with van der Waals surface area (Å²) in [5.74, 6) is 0.879. The molecular weight excluding hydrogens is 400 g/mol. The number of benzene rings is 1. The monoisotopic (exact) mass is 429 g/mol. The summed E-state index contributed by atoms with van der Waals surface area (Å²) in [4.78, 5) is 0. The van der Waals surface area contributed by atoms with E-state index in [4.69, 9.17) is 14.1 Å². The van der Waals surface area contributed by atoms with Crippen LogP contribution >= 0.6 is 0 Å². The standard InChI is InChI=1S/C21H29F2NO4S/c1-21-9-8-13-14(16(21)4-3-5-17(21)20(22)23)7-6-12-10-19(28-29(24,25)26)18(27-2)11-15(12)13/h10-11,13-14,16-17,20H,3-9H2,1-2H3,(H2,24,25,26)/t13-,14+,16-,17?,21-/m0/s1. The van der Waals surface area contributed by atoms with E-state index in [0.29, 0.717) is 24.0 Å². The lowest BCUT2D eigenvalue weighted by molar-refractivity contribution is -0.106. The number of alkyl halides is 2. The summed E-state index contributed by atoms with van der Waals surface area (Å²) in [6, 6.07) is 3.58. The van der Waals surface area contributed by atoms with E-state index >= 15 is 0 Å². The zero-order valence-corrected chi connectivity index (χ0v) is 17.7. The smallest absolute Gasteiger partial charge is 0.380 e. The molecule has 5 nitrogen and oxygen atoms in total. The van der Waals surface area contributed by atoms with Crippen molar-refractivity contribution in [3.8, 4) is 11.5 Å². The Morgan fingerprint density at radius 1 is 1.17 bits per heavy atom. The van der Waals surface area contributed by atoms with Gasteiger partial charge in [-0.3, -0.25) is 0 Å². The number of rotatable bonds is 4. The van der Waals surface area contributed by atoms with E-state index in [2.05, 4.69) is 6.92 Å². The molecule has 0 aromatic heterocycles. The Morgan fingerprint density at radius 2 is 1.93 bits per heavy atom. The molecule has 0 radical (unpaired) electrons. The molecule has 0 spiro atoms. The van der Waals surface area contributed by atoms with Gasteiger partial charge < -0.3 is 8.92 Å². The molecule has 0 saturated heterocycles. The molecule has 0 amide bonds. The van der Waals surface area contributed by atoms with Crippen LogP contribution in [0.2, 0.25) is 0 Å². The van der Waals surface area contributed by atoms with Crippen molar-refractivity contribution in [3.05, 3.63) is 23.3 Å². The van der Waals surface area contributed by atoms with Gasteiger partial charge in [0.15, 0.2) is 11.5 Å². The van der Waals surface area contributed by atoms with Crippen LogP contribution in [0, 0.1) is 23.2 Å². The Labute approximate surface area is 171 Å². The number of aryl methyl sites for hydroxylation is 1. The Morgan fingerprint density at radius 3 is 2.59 bits per heavy atom. The van der Waals surface area contributed by atoms with E-state index in [1.807, 2.05) is 6.07 Å². The molecule has 2 saturated carbocycles. The summed E-state index contributed by atoms with van der Waals surface area (Å²) in [6.07, 6.45) is 3.62. The minimum atomic E-state index is -4.15. The van der Waals surface area contributed by atoms with Gasteiger partial charge in [0, 0.05) is 5.92 Å². The van der Waals surface area contributed by atoms with Gasteiger partial charge in [0.2, 0.25) is 6.43 Å². The second kappa shape index (κ2) is 7.38. The quantitative estimate of drug-likeness (QED) is 0.769. The van der Waals surface area contributed by atoms with Gasteiger partial charge in [-0.1, -0.05) is 13.3 Å². The molecule has 2 N–H and O–H groups in total. The van der Waals surface area contributed by atoms with Crippen LogP contribution in [0.3, 0.4) is 0 Å². The molecule has 0 bridgehead atoms. The van der Waals surface area contributed by atoms with Gasteiger partial charge in [0.05, 0.1) is 7.11 Å². The van der Waals surface area contributed by atoms with E-state index in [1.54, 1.807) is 6.07 Å². The highest BCUT2D eigenvalue weighted by molar-refractivity contribution is 7.84. The molecule has 2 fully saturated rings. The highest BCUT2D eigenvalue weighted by Crippen LogP contribution is 2.62. The Hall–Kier alpha value is -1.41. The van der Waals surface area contributed by atoms with Crippen molar-refractivity contribution in [1.29, 1.82) is 0 Å². The zero-order valence-electron chi connectivity index (χ0n) is 16.9. The van der Waals surface area contributed by atoms with Crippen LogP contribution in [-0.4, -0.2) is 22.0 Å². The minimum Gasteiger partial charge on any atom is -0.493 e. The maximum atomic E-state index is 13.8. The van der Waals surface area contributed by atoms with Crippen molar-refractivity contribution in [2.75, 3.05) is 7.11 Å². The lowest BCUT2D eigenvalue weighted by atomic mass is 9.48. The SMILES string of the molecule is COc1cc2c(cc1OS(N)(=O)=O)CC[C@@H]1[C@@H]2CC[C@]2(C)C(C(F)F)CCC[C@@H]12. The van der Waals surface area contributed by atoms with Crippen LogP contribution in [0.5, 0.6) is 11.5 Å². The highest BCUT2D eigenvalue weighted by Gasteiger charge is 2.55. The van der Waals surface area contributed by atoms with Gasteiger partial charge in [-0.05, 0) is 85.0 Å². The second-order valence-corrected chi connectivity index (χ2v) is 10.3. The number of hydrogen-bond acceptors (Lipinski definition) is 4. The molecule has 3 aliphatic rings. The number of nitrogens with two attached hydrogens (primary N) is 1. The topological polar surface area (TPSA) is 78.6 Å². The Balaban J connectivity index is 1.69. The highest BCUT2D eigenvalue weighted by atomic mass is 32.2. The zero-order chi connectivity index (χ0) is 21.0. The van der Waals surface area contributed by atoms with Gasteiger partial charge in [-0.15, -0.1) is 0 Å². The first-order valence-corrected chi connectivity index (χ1v) is 11.8. The maximum absolute atomic E-state index is 13.8. The molecule has 0 aliphatic heterocycles. The number of methoxy groups -OCH3 is 1. The number of hydrogen-bond donors (Lipinski definition) is 1. The molecule has 8 heteroatoms. The summed E-state index contributed by atoms with van der Waals surface area (Å²) in [7, 11) is -2.69. The van der Waals surface area contributed by atoms with Crippen LogP contribution in [0.25, 0.3) is 0 Å². The first-order valence-electron chi connectivity index (χ1n) is 10.3. The van der Waals surface area contributed by atoms with E-state index in [9.17, 15) is 17.2 Å². The molecule has 1 aromatic carbocycles. The third-order valence-corrected chi connectivity index (χ3v) is 8.25. The number of fused-ring (bicyclic) bond motifs is 5. The molecule has 29 heavy (non-hydrogen) atoms. The average Bonchev–Trinajstić information content (AvgIpc) is 2.64. The molecule has 1 unspecified atom stereocenters. The van der Waals surface area contributed by atoms with E-state index in [-0.39, 0.29) is 17.1 Å². The van der Waals surface area contributed by atoms with Crippen molar-refractivity contribution in [3.63, 3.8) is 0 Å². The van der Waals surface area contributed by atoms with Crippen molar-refractivity contribution in [2.24, 2.45) is 28.3 Å². The minimum absolute atomic E-state index is 0.100. The van der Waals surface area contributed by atoms with Crippen LogP contribution < -0.4 is 14.1 Å². The largest absolute Gasteiger partial charge is 0.493 e. The fraction of sp³-hybridized carbons (Fsp3) is 0.714. The first-order chi connectivity index (χ1) is 13.6. The molecule has 5 atom stereocenters. The molecule has 162 valence electrons. The third-order valence-electron chi connectivity index (χ3n) is 7.83. The maximum Gasteiger partial charge on any atom is 0.380 e. The van der Waals surface area contributed by atoms with E-state index in [0.717, 1.165) is 49.7 Å². The molecule has 0 heterocycles. The fourth-order valence-electron chi connectivity index (χ4n) is 6.58. The first kappa shape index (κ1) is 20.8. The van der Waals surface area contributed by atoms with Gasteiger partial charge >= 0.3 is 10.3 Å². The van der Waals surface area contributed by atoms with E-state index < -0.39 is 22.6 Å². The molecular formula is C21H29F2NO4S. The van der Waals surface area contributed by atoms with Crippen LogP contribution in [0.4, 0.5) is 8.78 Å². The Bertz CT molecular complexity index is 891. The number of ether oxygens (including phenoxy) is 1. The molecule has 3 aliphatic carbocycles. The molecule has 4 rings (SSSR count). The van der Waals surface area contributed by atoms with Gasteiger partial charge in [-0.25, -0.2) is 8.78 Å². The lowest BCUT2D eigenvalue weighted by Crippen LogP contribution is -2.50. The van der Waals surface area contributed by atoms with Crippen LogP contribution in [0.1, 0.15) is 62.5 Å². The van der Waals surface area contributed by atoms with Crippen molar-refractivity contribution in [2.45, 2.75) is 64.2 Å². The van der Waals surface area contributed by atoms with Gasteiger partial charge in [0.1, 0.15) is 0 Å². The summed E-state index contributed by atoms with van der Waals surface area (Å²) < 4.78 is 60.6. The van der Waals surface area contributed by atoms with Gasteiger partial charge in [0.25, 0.3) is 0 Å². The van der Waals surface area contributed by atoms with Crippen molar-refractivity contribution >= 4 is 10.3 Å². The van der Waals surface area contributed by atoms with Crippen molar-refractivity contribution in [1.82, 2.24) is 0 Å². The predicted octanol–water partition coefficient (Wildman–Crippen LogP) is 4.41. The second-order valence-electron chi connectivity index (χ2n) is 9.11. The number of halogens is 2. The summed E-state index contributed by atoms with van der Waals surface area (Å²) in [6.45, 7) is 2.09. The van der Waals surface area contributed by atoms with E-state index in [1.165, 1.54) is 7.11 Å². The normalized spacial score (nSPS) is 34.1. The molecule has 1 aromatic rings. The third kappa shape index (κ3) is 3.63. The van der Waals surface area contributed by atoms with Crippen LogP contribution in [-0.2, 0) is 16.7 Å². The Kier molecular flexibility index (Phi) is 5.30. The summed E-state index contributed by atoms with van der Waals surface area (Å²) in [5.41, 5.74) is 1.88. The fourth-order valence-corrected chi connectivity index (χ4v) is 6.96. The van der Waals surface area contributed by atoms with Crippen molar-refractivity contribution < 1.29 is 26.1 Å². The average molecular weight is 430 g/mol.